The van der Waals surface area contributed by atoms with E-state index in [0.29, 0.717) is 0 Å². The molecule has 1 aromatic heterocycles. The number of nitrogens with one attached hydrogen (secondary N) is 1. The topological polar surface area (TPSA) is 29.9 Å². The van der Waals surface area contributed by atoms with Crippen LogP contribution < -0.4 is 5.32 Å². The molecule has 12 heavy (non-hydrogen) atoms. The van der Waals surface area contributed by atoms with Crippen molar-refractivity contribution in [2.75, 3.05) is 13.1 Å². The number of hydrogen-bond acceptors (Lipinski definition) is 2. The highest BCUT2D eigenvalue weighted by Crippen LogP contribution is 1.93. The summed E-state index contributed by atoms with van der Waals surface area (Å²) < 4.78 is 1.82. The van der Waals surface area contributed by atoms with Gasteiger partial charge in [-0.3, -0.25) is 4.68 Å². The summed E-state index contributed by atoms with van der Waals surface area (Å²) in [7, 11) is 1.93. The third-order valence-electron chi connectivity index (χ3n) is 1.62. The molecule has 0 saturated carbocycles. The summed E-state index contributed by atoms with van der Waals surface area (Å²) in [6, 6.07) is 2.04. The molecular formula is C9H15N3. The molecule has 0 unspecified atom stereocenters. The van der Waals surface area contributed by atoms with Crippen LogP contribution in [0.4, 0.5) is 0 Å². The summed E-state index contributed by atoms with van der Waals surface area (Å²) >= 11 is 0. The summed E-state index contributed by atoms with van der Waals surface area (Å²) in [5.74, 6) is 0. The highest BCUT2D eigenvalue weighted by molar-refractivity contribution is 4.98. The molecule has 3 nitrogen and oxygen atoms in total. The largest absolute Gasteiger partial charge is 0.313 e. The maximum Gasteiger partial charge on any atom is 0.0637 e. The Morgan fingerprint density at radius 2 is 2.58 bits per heavy atom. The summed E-state index contributed by atoms with van der Waals surface area (Å²) in [6.07, 6.45) is 4.80. The zero-order chi connectivity index (χ0) is 8.81. The van der Waals surface area contributed by atoms with Gasteiger partial charge in [-0.05, 0) is 6.07 Å². The third kappa shape index (κ3) is 2.88. The predicted octanol–water partition coefficient (Wildman–Crippen LogP) is 0.738. The van der Waals surface area contributed by atoms with Crippen LogP contribution in [-0.4, -0.2) is 22.9 Å². The predicted molar refractivity (Wildman–Crippen MR) is 50.0 cm³/mol. The molecule has 0 atom stereocenters. The van der Waals surface area contributed by atoms with Crippen LogP contribution in [0.2, 0.25) is 0 Å². The van der Waals surface area contributed by atoms with E-state index in [2.05, 4.69) is 17.0 Å². The highest BCUT2D eigenvalue weighted by atomic mass is 15.2. The first kappa shape index (κ1) is 9.00. The minimum absolute atomic E-state index is 0.868. The van der Waals surface area contributed by atoms with Crippen LogP contribution in [0.3, 0.4) is 0 Å². The Balaban J connectivity index is 2.19. The fraction of sp³-hybridized carbons (Fsp3) is 0.444. The lowest BCUT2D eigenvalue weighted by atomic mass is 10.3. The average Bonchev–Trinajstić information content (AvgIpc) is 2.45. The molecule has 1 N–H and O–H groups in total. The van der Waals surface area contributed by atoms with Crippen molar-refractivity contribution in [3.63, 3.8) is 0 Å². The van der Waals surface area contributed by atoms with Crippen LogP contribution in [0, 0.1) is 0 Å². The zero-order valence-corrected chi connectivity index (χ0v) is 7.45. The molecule has 0 spiro atoms. The fourth-order valence-corrected chi connectivity index (χ4v) is 1.02. The third-order valence-corrected chi connectivity index (χ3v) is 1.62. The molecule has 0 bridgehead atoms. The lowest BCUT2D eigenvalue weighted by molar-refractivity contribution is 0.700. The Hall–Kier alpha value is -1.09. The van der Waals surface area contributed by atoms with Crippen molar-refractivity contribution in [1.29, 1.82) is 0 Å². The second-order valence-corrected chi connectivity index (χ2v) is 2.72. The van der Waals surface area contributed by atoms with Crippen LogP contribution in [0.25, 0.3) is 0 Å². The maximum atomic E-state index is 4.26. The van der Waals surface area contributed by atoms with E-state index in [1.807, 2.05) is 30.1 Å². The zero-order valence-electron chi connectivity index (χ0n) is 7.45. The highest BCUT2D eigenvalue weighted by Gasteiger charge is 1.94. The molecule has 0 fully saturated rings. The van der Waals surface area contributed by atoms with Gasteiger partial charge in [0.25, 0.3) is 0 Å². The van der Waals surface area contributed by atoms with Crippen molar-refractivity contribution < 1.29 is 0 Å². The van der Waals surface area contributed by atoms with E-state index in [4.69, 9.17) is 0 Å². The van der Waals surface area contributed by atoms with Gasteiger partial charge in [-0.2, -0.15) is 5.10 Å². The van der Waals surface area contributed by atoms with Crippen molar-refractivity contribution in [2.45, 2.75) is 6.42 Å². The molecule has 66 valence electrons. The summed E-state index contributed by atoms with van der Waals surface area (Å²) in [4.78, 5) is 0. The number of aryl methyl sites for hydroxylation is 1. The van der Waals surface area contributed by atoms with Gasteiger partial charge in [0.2, 0.25) is 0 Å². The van der Waals surface area contributed by atoms with Gasteiger partial charge in [-0.15, -0.1) is 6.58 Å². The minimum Gasteiger partial charge on any atom is -0.313 e. The average molecular weight is 165 g/mol. The van der Waals surface area contributed by atoms with Gasteiger partial charge in [-0.1, -0.05) is 6.08 Å². The fourth-order valence-electron chi connectivity index (χ4n) is 1.02. The van der Waals surface area contributed by atoms with E-state index in [0.717, 1.165) is 25.2 Å². The smallest absolute Gasteiger partial charge is 0.0637 e. The van der Waals surface area contributed by atoms with Crippen LogP contribution in [0.5, 0.6) is 0 Å². The first-order valence-corrected chi connectivity index (χ1v) is 4.13. The number of nitrogens with zero attached hydrogens (tertiary/aromatic N) is 2. The molecule has 3 heteroatoms. The lowest BCUT2D eigenvalue weighted by Gasteiger charge is -1.97. The Kier molecular flexibility index (Phi) is 3.54. The van der Waals surface area contributed by atoms with Crippen molar-refractivity contribution in [3.8, 4) is 0 Å². The van der Waals surface area contributed by atoms with Crippen molar-refractivity contribution in [3.05, 3.63) is 30.6 Å². The molecule has 1 rings (SSSR count). The molecule has 0 saturated heterocycles. The van der Waals surface area contributed by atoms with Crippen LogP contribution in [0.1, 0.15) is 5.69 Å². The quantitative estimate of drug-likeness (QED) is 0.515. The second-order valence-electron chi connectivity index (χ2n) is 2.72. The summed E-state index contributed by atoms with van der Waals surface area (Å²) in [6.45, 7) is 5.46. The molecule has 0 aliphatic rings. The van der Waals surface area contributed by atoms with Gasteiger partial charge >= 0.3 is 0 Å². The summed E-state index contributed by atoms with van der Waals surface area (Å²) in [5, 5.41) is 7.48. The van der Waals surface area contributed by atoms with E-state index < -0.39 is 0 Å². The Morgan fingerprint density at radius 3 is 3.17 bits per heavy atom. The Morgan fingerprint density at radius 1 is 1.75 bits per heavy atom. The van der Waals surface area contributed by atoms with E-state index >= 15 is 0 Å². The van der Waals surface area contributed by atoms with Gasteiger partial charge in [0, 0.05) is 32.8 Å². The first-order chi connectivity index (χ1) is 5.83. The number of rotatable bonds is 5. The monoisotopic (exact) mass is 165 g/mol. The van der Waals surface area contributed by atoms with Crippen LogP contribution in [0.15, 0.2) is 24.9 Å². The van der Waals surface area contributed by atoms with Gasteiger partial charge in [-0.25, -0.2) is 0 Å². The molecule has 0 aliphatic heterocycles. The van der Waals surface area contributed by atoms with Crippen molar-refractivity contribution >= 4 is 0 Å². The molecule has 0 radical (unpaired) electrons. The molecule has 0 amide bonds. The molecule has 0 aromatic carbocycles. The van der Waals surface area contributed by atoms with Gasteiger partial charge in [0.15, 0.2) is 0 Å². The number of hydrogen-bond donors (Lipinski definition) is 1. The van der Waals surface area contributed by atoms with Crippen molar-refractivity contribution in [2.24, 2.45) is 7.05 Å². The maximum absolute atomic E-state index is 4.26. The Labute approximate surface area is 73.1 Å². The number of aromatic nitrogens is 2. The van der Waals surface area contributed by atoms with E-state index in [9.17, 15) is 0 Å². The normalized spacial score (nSPS) is 10.1. The standard InChI is InChI=1S/C9H15N3/c1-3-6-10-7-4-9-5-8-12(2)11-9/h3,5,8,10H,1,4,6-7H2,2H3. The van der Waals surface area contributed by atoms with Gasteiger partial charge in [0.05, 0.1) is 5.69 Å². The lowest BCUT2D eigenvalue weighted by Crippen LogP contribution is -2.16. The molecular weight excluding hydrogens is 150 g/mol. The molecule has 1 heterocycles. The second kappa shape index (κ2) is 4.72. The van der Waals surface area contributed by atoms with E-state index in [1.54, 1.807) is 0 Å². The minimum atomic E-state index is 0.868. The Bertz CT molecular complexity index is 240. The van der Waals surface area contributed by atoms with Gasteiger partial charge < -0.3 is 5.32 Å². The van der Waals surface area contributed by atoms with E-state index in [1.165, 1.54) is 0 Å². The van der Waals surface area contributed by atoms with Crippen LogP contribution >= 0.6 is 0 Å². The SMILES string of the molecule is C=CCNCCc1ccn(C)n1. The molecule has 0 aliphatic carbocycles. The van der Waals surface area contributed by atoms with Crippen molar-refractivity contribution in [1.82, 2.24) is 15.1 Å². The molecule has 1 aromatic rings. The van der Waals surface area contributed by atoms with Gasteiger partial charge in [0.1, 0.15) is 0 Å². The van der Waals surface area contributed by atoms with E-state index in [-0.39, 0.29) is 0 Å². The summed E-state index contributed by atoms with van der Waals surface area (Å²) in [5.41, 5.74) is 1.13. The first-order valence-electron chi connectivity index (χ1n) is 4.13. The van der Waals surface area contributed by atoms with Crippen LogP contribution in [-0.2, 0) is 13.5 Å².